The molecule has 45 heavy (non-hydrogen) atoms. The SMILES string of the molecule is CC(C)CN(CCCC(NC(=O)c1ccc(CNCc2ncc[nH]2)cc1)C(=O)N[C@@H](C)c1cccc2ccccc12)S(C)(=O)=O. The van der Waals surface area contributed by atoms with Crippen molar-refractivity contribution in [2.75, 3.05) is 19.3 Å². The van der Waals surface area contributed by atoms with E-state index in [9.17, 15) is 18.0 Å². The molecule has 240 valence electrons. The van der Waals surface area contributed by atoms with Gasteiger partial charge in [0.2, 0.25) is 15.9 Å². The molecule has 3 aromatic carbocycles. The van der Waals surface area contributed by atoms with E-state index in [0.29, 0.717) is 31.6 Å². The van der Waals surface area contributed by atoms with E-state index in [-0.39, 0.29) is 36.7 Å². The van der Waals surface area contributed by atoms with Gasteiger partial charge in [-0.2, -0.15) is 0 Å². The van der Waals surface area contributed by atoms with Gasteiger partial charge in [-0.05, 0) is 59.7 Å². The van der Waals surface area contributed by atoms with Crippen LogP contribution in [-0.2, 0) is 27.9 Å². The van der Waals surface area contributed by atoms with Crippen LogP contribution in [0.4, 0.5) is 0 Å². The summed E-state index contributed by atoms with van der Waals surface area (Å²) in [5.74, 6) is 0.305. The second-order valence-electron chi connectivity index (χ2n) is 11.8. The number of sulfonamides is 1. The maximum Gasteiger partial charge on any atom is 0.251 e. The van der Waals surface area contributed by atoms with Crippen LogP contribution in [0.3, 0.4) is 0 Å². The van der Waals surface area contributed by atoms with Gasteiger partial charge in [0.25, 0.3) is 5.91 Å². The number of carbonyl (C=O) groups excluding carboxylic acids is 2. The number of hydrogen-bond donors (Lipinski definition) is 4. The molecule has 1 unspecified atom stereocenters. The number of aromatic amines is 1. The molecule has 0 spiro atoms. The molecule has 0 radical (unpaired) electrons. The number of nitrogens with zero attached hydrogens (tertiary/aromatic N) is 2. The van der Waals surface area contributed by atoms with Crippen molar-refractivity contribution in [3.63, 3.8) is 0 Å². The Balaban J connectivity index is 1.44. The van der Waals surface area contributed by atoms with Crippen LogP contribution in [0.2, 0.25) is 0 Å². The summed E-state index contributed by atoms with van der Waals surface area (Å²) in [4.78, 5) is 34.3. The Morgan fingerprint density at radius 2 is 1.67 bits per heavy atom. The van der Waals surface area contributed by atoms with E-state index in [2.05, 4.69) is 25.9 Å². The number of nitrogens with one attached hydrogen (secondary N) is 4. The lowest BCUT2D eigenvalue weighted by Crippen LogP contribution is -2.47. The summed E-state index contributed by atoms with van der Waals surface area (Å²) in [7, 11) is -3.41. The Labute approximate surface area is 266 Å². The Hall–Kier alpha value is -4.06. The first kappa shape index (κ1) is 33.8. The molecule has 10 nitrogen and oxygen atoms in total. The number of amides is 2. The third-order valence-corrected chi connectivity index (χ3v) is 8.87. The third kappa shape index (κ3) is 9.97. The number of aromatic nitrogens is 2. The maximum atomic E-state index is 13.7. The van der Waals surface area contributed by atoms with Crippen LogP contribution in [-0.4, -0.2) is 59.9 Å². The van der Waals surface area contributed by atoms with Gasteiger partial charge < -0.3 is 20.9 Å². The van der Waals surface area contributed by atoms with Crippen molar-refractivity contribution in [2.24, 2.45) is 5.92 Å². The van der Waals surface area contributed by atoms with Crippen molar-refractivity contribution in [2.45, 2.75) is 58.8 Å². The average Bonchev–Trinajstić information content (AvgIpc) is 3.53. The van der Waals surface area contributed by atoms with Crippen molar-refractivity contribution in [1.82, 2.24) is 30.2 Å². The smallest absolute Gasteiger partial charge is 0.251 e. The number of hydrogen-bond acceptors (Lipinski definition) is 6. The first-order valence-electron chi connectivity index (χ1n) is 15.3. The molecular weight excluding hydrogens is 588 g/mol. The van der Waals surface area contributed by atoms with Gasteiger partial charge in [-0.15, -0.1) is 0 Å². The van der Waals surface area contributed by atoms with Crippen LogP contribution in [0.5, 0.6) is 0 Å². The van der Waals surface area contributed by atoms with E-state index in [4.69, 9.17) is 0 Å². The molecule has 1 heterocycles. The summed E-state index contributed by atoms with van der Waals surface area (Å²) < 4.78 is 26.2. The van der Waals surface area contributed by atoms with Crippen molar-refractivity contribution >= 4 is 32.6 Å². The fourth-order valence-corrected chi connectivity index (χ4v) is 6.33. The monoisotopic (exact) mass is 632 g/mol. The quantitative estimate of drug-likeness (QED) is 0.143. The molecule has 0 bridgehead atoms. The van der Waals surface area contributed by atoms with Crippen LogP contribution in [0.1, 0.15) is 67.0 Å². The topological polar surface area (TPSA) is 136 Å². The van der Waals surface area contributed by atoms with Gasteiger partial charge in [-0.1, -0.05) is 68.4 Å². The highest BCUT2D eigenvalue weighted by atomic mass is 32.2. The number of imidazole rings is 1. The average molecular weight is 633 g/mol. The minimum atomic E-state index is -3.41. The second-order valence-corrected chi connectivity index (χ2v) is 13.8. The number of rotatable bonds is 16. The zero-order chi connectivity index (χ0) is 32.4. The number of fused-ring (bicyclic) bond motifs is 1. The first-order chi connectivity index (χ1) is 21.5. The Morgan fingerprint density at radius 3 is 2.36 bits per heavy atom. The summed E-state index contributed by atoms with van der Waals surface area (Å²) in [6, 6.07) is 20.0. The summed E-state index contributed by atoms with van der Waals surface area (Å²) in [5.41, 5.74) is 2.41. The van der Waals surface area contributed by atoms with Gasteiger partial charge >= 0.3 is 0 Å². The van der Waals surface area contributed by atoms with Gasteiger partial charge in [0.1, 0.15) is 11.9 Å². The number of benzene rings is 3. The molecule has 0 fully saturated rings. The molecule has 2 atom stereocenters. The third-order valence-electron chi connectivity index (χ3n) is 7.60. The predicted octanol–water partition coefficient (Wildman–Crippen LogP) is 4.53. The van der Waals surface area contributed by atoms with Crippen LogP contribution >= 0.6 is 0 Å². The lowest BCUT2D eigenvalue weighted by molar-refractivity contribution is -0.123. The minimum absolute atomic E-state index is 0.156. The fourth-order valence-electron chi connectivity index (χ4n) is 5.30. The summed E-state index contributed by atoms with van der Waals surface area (Å²) >= 11 is 0. The van der Waals surface area contributed by atoms with Crippen molar-refractivity contribution in [1.29, 1.82) is 0 Å². The van der Waals surface area contributed by atoms with Crippen LogP contribution in [0.25, 0.3) is 10.8 Å². The Bertz CT molecular complexity index is 1650. The van der Waals surface area contributed by atoms with E-state index < -0.39 is 16.1 Å². The molecular formula is C34H44N6O4S. The van der Waals surface area contributed by atoms with Crippen LogP contribution in [0, 0.1) is 5.92 Å². The van der Waals surface area contributed by atoms with E-state index in [0.717, 1.165) is 27.7 Å². The van der Waals surface area contributed by atoms with Crippen LogP contribution in [0.15, 0.2) is 79.1 Å². The van der Waals surface area contributed by atoms with Crippen molar-refractivity contribution < 1.29 is 18.0 Å². The summed E-state index contributed by atoms with van der Waals surface area (Å²) in [5, 5.41) is 11.4. The second kappa shape index (κ2) is 15.8. The molecule has 2 amide bonds. The number of H-pyrrole nitrogens is 1. The van der Waals surface area contributed by atoms with E-state index >= 15 is 0 Å². The van der Waals surface area contributed by atoms with E-state index in [1.165, 1.54) is 10.6 Å². The normalized spacial score (nSPS) is 13.2. The Kier molecular flexibility index (Phi) is 11.9. The molecule has 0 saturated heterocycles. The summed E-state index contributed by atoms with van der Waals surface area (Å²) in [6.45, 7) is 7.70. The highest BCUT2D eigenvalue weighted by molar-refractivity contribution is 7.88. The highest BCUT2D eigenvalue weighted by Gasteiger charge is 2.25. The minimum Gasteiger partial charge on any atom is -0.348 e. The standard InChI is InChI=1S/C34H44N6O4S/c1-24(2)23-40(45(4,43)44)20-8-13-31(34(42)38-25(3)29-12-7-10-27-9-5-6-11-30(27)29)39-33(41)28-16-14-26(15-17-28)21-35-22-32-36-18-19-37-32/h5-7,9-12,14-19,24-25,31,35H,8,13,20-23H2,1-4H3,(H,36,37)(H,38,42)(H,39,41)/t25-,31?/m0/s1. The van der Waals surface area contributed by atoms with E-state index in [1.54, 1.807) is 24.5 Å². The maximum absolute atomic E-state index is 13.7. The lowest BCUT2D eigenvalue weighted by atomic mass is 9.99. The summed E-state index contributed by atoms with van der Waals surface area (Å²) in [6.07, 6.45) is 5.36. The zero-order valence-electron chi connectivity index (χ0n) is 26.4. The van der Waals surface area contributed by atoms with Gasteiger partial charge in [-0.3, -0.25) is 9.59 Å². The molecule has 4 aromatic rings. The van der Waals surface area contributed by atoms with E-state index in [1.807, 2.05) is 75.4 Å². The van der Waals surface area contributed by atoms with Gasteiger partial charge in [0.05, 0.1) is 18.8 Å². The lowest BCUT2D eigenvalue weighted by Gasteiger charge is -2.25. The first-order valence-corrected chi connectivity index (χ1v) is 17.2. The molecule has 1 aromatic heterocycles. The largest absolute Gasteiger partial charge is 0.348 e. The molecule has 11 heteroatoms. The number of carbonyl (C=O) groups is 2. The molecule has 4 rings (SSSR count). The van der Waals surface area contributed by atoms with Crippen molar-refractivity contribution in [3.8, 4) is 0 Å². The van der Waals surface area contributed by atoms with Crippen molar-refractivity contribution in [3.05, 3.63) is 102 Å². The van der Waals surface area contributed by atoms with Gasteiger partial charge in [0.15, 0.2) is 0 Å². The Morgan fingerprint density at radius 1 is 0.933 bits per heavy atom. The molecule has 0 aliphatic carbocycles. The molecule has 0 saturated carbocycles. The fraction of sp³-hybridized carbons (Fsp3) is 0.382. The zero-order valence-corrected chi connectivity index (χ0v) is 27.2. The molecule has 0 aliphatic heterocycles. The van der Waals surface area contributed by atoms with Crippen LogP contribution < -0.4 is 16.0 Å². The molecule has 0 aliphatic rings. The van der Waals surface area contributed by atoms with Gasteiger partial charge in [0, 0.05) is 37.6 Å². The molecule has 4 N–H and O–H groups in total. The highest BCUT2D eigenvalue weighted by Crippen LogP contribution is 2.24. The van der Waals surface area contributed by atoms with Gasteiger partial charge in [-0.25, -0.2) is 17.7 Å². The predicted molar refractivity (Wildman–Crippen MR) is 178 cm³/mol.